The van der Waals surface area contributed by atoms with Gasteiger partial charge in [-0.05, 0) is 49.6 Å². The van der Waals surface area contributed by atoms with Crippen molar-refractivity contribution in [3.63, 3.8) is 0 Å². The molecule has 27 heavy (non-hydrogen) atoms. The zero-order chi connectivity index (χ0) is 19.0. The van der Waals surface area contributed by atoms with E-state index in [-0.39, 0.29) is 11.9 Å². The number of para-hydroxylation sites is 1. The first-order valence-corrected chi connectivity index (χ1v) is 9.18. The lowest BCUT2D eigenvalue weighted by atomic mass is 10.1. The van der Waals surface area contributed by atoms with E-state index in [4.69, 9.17) is 11.6 Å². The third-order valence-corrected chi connectivity index (χ3v) is 5.25. The molecule has 2 heterocycles. The summed E-state index contributed by atoms with van der Waals surface area (Å²) in [5.41, 5.74) is 4.38. The van der Waals surface area contributed by atoms with Crippen molar-refractivity contribution < 1.29 is 4.79 Å². The van der Waals surface area contributed by atoms with Crippen molar-refractivity contribution in [1.29, 1.82) is 0 Å². The van der Waals surface area contributed by atoms with Crippen LogP contribution in [0.5, 0.6) is 0 Å². The quantitative estimate of drug-likeness (QED) is 0.713. The van der Waals surface area contributed by atoms with E-state index in [1.54, 1.807) is 12.4 Å². The summed E-state index contributed by atoms with van der Waals surface area (Å²) in [4.78, 5) is 23.4. The van der Waals surface area contributed by atoms with Gasteiger partial charge in [-0.15, -0.1) is 0 Å². The second-order valence-corrected chi connectivity index (χ2v) is 7.10. The van der Waals surface area contributed by atoms with Crippen molar-refractivity contribution in [1.82, 2.24) is 9.97 Å². The lowest BCUT2D eigenvalue weighted by Crippen LogP contribution is -2.35. The average Bonchev–Trinajstić information content (AvgIpc) is 3.01. The van der Waals surface area contributed by atoms with Gasteiger partial charge in [0.2, 0.25) is 5.95 Å². The van der Waals surface area contributed by atoms with E-state index in [9.17, 15) is 4.79 Å². The molecule has 0 bridgehead atoms. The molecule has 0 fully saturated rings. The third kappa shape index (κ3) is 3.26. The second-order valence-electron chi connectivity index (χ2n) is 6.69. The Balaban J connectivity index is 1.56. The first-order valence-electron chi connectivity index (χ1n) is 8.80. The summed E-state index contributed by atoms with van der Waals surface area (Å²) >= 11 is 6.14. The molecule has 1 aromatic heterocycles. The SMILES string of the molecule is Cc1c(Cl)cccc1Nc1ncc(C(=O)N2c3ccccc3CC2C)cn1. The fraction of sp³-hybridized carbons (Fsp3) is 0.190. The number of fused-ring (bicyclic) bond motifs is 1. The topological polar surface area (TPSA) is 58.1 Å². The third-order valence-electron chi connectivity index (χ3n) is 4.84. The average molecular weight is 379 g/mol. The number of amides is 1. The summed E-state index contributed by atoms with van der Waals surface area (Å²) in [6, 6.07) is 13.7. The summed E-state index contributed by atoms with van der Waals surface area (Å²) < 4.78 is 0. The summed E-state index contributed by atoms with van der Waals surface area (Å²) in [5, 5.41) is 3.82. The summed E-state index contributed by atoms with van der Waals surface area (Å²) in [6.07, 6.45) is 3.98. The van der Waals surface area contributed by atoms with Gasteiger partial charge in [-0.2, -0.15) is 0 Å². The molecule has 2 aromatic carbocycles. The highest BCUT2D eigenvalue weighted by Gasteiger charge is 2.31. The van der Waals surface area contributed by atoms with Gasteiger partial charge < -0.3 is 10.2 Å². The largest absolute Gasteiger partial charge is 0.324 e. The molecule has 0 saturated carbocycles. The minimum atomic E-state index is -0.0852. The predicted molar refractivity (Wildman–Crippen MR) is 108 cm³/mol. The number of aromatic nitrogens is 2. The maximum Gasteiger partial charge on any atom is 0.261 e. The monoisotopic (exact) mass is 378 g/mol. The van der Waals surface area contributed by atoms with E-state index in [0.717, 1.165) is 23.4 Å². The van der Waals surface area contributed by atoms with E-state index in [0.29, 0.717) is 16.5 Å². The first-order chi connectivity index (χ1) is 13.0. The van der Waals surface area contributed by atoms with Gasteiger partial charge in [0.25, 0.3) is 5.91 Å². The molecule has 1 aliphatic heterocycles. The number of carbonyl (C=O) groups is 1. The minimum Gasteiger partial charge on any atom is -0.324 e. The van der Waals surface area contributed by atoms with E-state index in [1.807, 2.05) is 48.2 Å². The van der Waals surface area contributed by atoms with Crippen molar-refractivity contribution >= 4 is 34.8 Å². The zero-order valence-electron chi connectivity index (χ0n) is 15.1. The summed E-state index contributed by atoms with van der Waals surface area (Å²) in [6.45, 7) is 3.98. The molecule has 6 heteroatoms. The molecule has 5 nitrogen and oxygen atoms in total. The highest BCUT2D eigenvalue weighted by molar-refractivity contribution is 6.31. The van der Waals surface area contributed by atoms with Crippen LogP contribution in [-0.2, 0) is 6.42 Å². The fourth-order valence-corrected chi connectivity index (χ4v) is 3.55. The van der Waals surface area contributed by atoms with Crippen LogP contribution in [0.3, 0.4) is 0 Å². The highest BCUT2D eigenvalue weighted by Crippen LogP contribution is 2.33. The van der Waals surface area contributed by atoms with Crippen molar-refractivity contribution in [3.8, 4) is 0 Å². The van der Waals surface area contributed by atoms with Crippen LogP contribution >= 0.6 is 11.6 Å². The smallest absolute Gasteiger partial charge is 0.261 e. The number of nitrogens with zero attached hydrogens (tertiary/aromatic N) is 3. The van der Waals surface area contributed by atoms with Gasteiger partial charge in [0, 0.05) is 34.8 Å². The zero-order valence-corrected chi connectivity index (χ0v) is 15.9. The molecule has 1 amide bonds. The Morgan fingerprint density at radius 1 is 1.15 bits per heavy atom. The Morgan fingerprint density at radius 3 is 2.67 bits per heavy atom. The van der Waals surface area contributed by atoms with Crippen LogP contribution in [-0.4, -0.2) is 21.9 Å². The molecule has 1 unspecified atom stereocenters. The number of hydrogen-bond donors (Lipinski definition) is 1. The molecular formula is C21H19ClN4O. The molecule has 3 aromatic rings. The maximum atomic E-state index is 13.0. The Morgan fingerprint density at radius 2 is 1.89 bits per heavy atom. The van der Waals surface area contributed by atoms with Gasteiger partial charge in [-0.25, -0.2) is 9.97 Å². The molecule has 136 valence electrons. The lowest BCUT2D eigenvalue weighted by molar-refractivity contribution is 0.0981. The number of rotatable bonds is 3. The predicted octanol–water partition coefficient (Wildman–Crippen LogP) is 4.77. The van der Waals surface area contributed by atoms with Crippen molar-refractivity contribution in [2.45, 2.75) is 26.3 Å². The number of halogens is 1. The van der Waals surface area contributed by atoms with E-state index >= 15 is 0 Å². The minimum absolute atomic E-state index is 0.0852. The molecule has 0 aliphatic carbocycles. The Hall–Kier alpha value is -2.92. The van der Waals surface area contributed by atoms with Gasteiger partial charge >= 0.3 is 0 Å². The van der Waals surface area contributed by atoms with Crippen molar-refractivity contribution in [3.05, 3.63) is 76.6 Å². The first kappa shape index (κ1) is 17.5. The van der Waals surface area contributed by atoms with Crippen LogP contribution in [0.15, 0.2) is 54.9 Å². The molecule has 1 atom stereocenters. The van der Waals surface area contributed by atoms with Crippen LogP contribution in [0.1, 0.15) is 28.4 Å². The summed E-state index contributed by atoms with van der Waals surface area (Å²) in [7, 11) is 0. The second kappa shape index (κ2) is 7.00. The number of carbonyl (C=O) groups excluding carboxylic acids is 1. The number of hydrogen-bond acceptors (Lipinski definition) is 4. The molecule has 4 rings (SSSR count). The standard InChI is InChI=1S/C21H19ClN4O/c1-13-10-15-6-3-4-9-19(15)26(13)20(27)16-11-23-21(24-12-16)25-18-8-5-7-17(22)14(18)2/h3-9,11-13H,10H2,1-2H3,(H,23,24,25). The Labute approximate surface area is 163 Å². The Bertz CT molecular complexity index is 1000. The van der Waals surface area contributed by atoms with Crippen LogP contribution in [0, 0.1) is 6.92 Å². The normalized spacial score (nSPS) is 15.5. The van der Waals surface area contributed by atoms with Crippen LogP contribution in [0.25, 0.3) is 0 Å². The molecule has 1 N–H and O–H groups in total. The van der Waals surface area contributed by atoms with Crippen molar-refractivity contribution in [2.24, 2.45) is 0 Å². The molecule has 0 saturated heterocycles. The Kier molecular flexibility index (Phi) is 4.54. The molecule has 0 spiro atoms. The molecule has 0 radical (unpaired) electrons. The maximum absolute atomic E-state index is 13.0. The highest BCUT2D eigenvalue weighted by atomic mass is 35.5. The van der Waals surface area contributed by atoms with Crippen LogP contribution in [0.2, 0.25) is 5.02 Å². The van der Waals surface area contributed by atoms with Gasteiger partial charge in [0.05, 0.1) is 5.56 Å². The number of benzene rings is 2. The lowest BCUT2D eigenvalue weighted by Gasteiger charge is -2.22. The van der Waals surface area contributed by atoms with Crippen molar-refractivity contribution in [2.75, 3.05) is 10.2 Å². The van der Waals surface area contributed by atoms with Gasteiger partial charge in [-0.3, -0.25) is 4.79 Å². The summed E-state index contributed by atoms with van der Waals surface area (Å²) in [5.74, 6) is 0.338. The van der Waals surface area contributed by atoms with Gasteiger partial charge in [0.1, 0.15) is 0 Å². The van der Waals surface area contributed by atoms with Gasteiger partial charge in [0.15, 0.2) is 0 Å². The number of nitrogens with one attached hydrogen (secondary N) is 1. The van der Waals surface area contributed by atoms with E-state index in [2.05, 4.69) is 28.3 Å². The van der Waals surface area contributed by atoms with E-state index < -0.39 is 0 Å². The van der Waals surface area contributed by atoms with Crippen LogP contribution in [0.4, 0.5) is 17.3 Å². The number of anilines is 3. The van der Waals surface area contributed by atoms with E-state index in [1.165, 1.54) is 5.56 Å². The van der Waals surface area contributed by atoms with Crippen LogP contribution < -0.4 is 10.2 Å². The molecule has 1 aliphatic rings. The fourth-order valence-electron chi connectivity index (χ4n) is 3.38. The van der Waals surface area contributed by atoms with Gasteiger partial charge in [-0.1, -0.05) is 35.9 Å². The molecular weight excluding hydrogens is 360 g/mol.